The van der Waals surface area contributed by atoms with E-state index < -0.39 is 6.61 Å². The van der Waals surface area contributed by atoms with Crippen LogP contribution in [0.3, 0.4) is 0 Å². The van der Waals surface area contributed by atoms with Crippen molar-refractivity contribution < 1.29 is 27.8 Å². The fourth-order valence-corrected chi connectivity index (χ4v) is 4.61. The van der Waals surface area contributed by atoms with E-state index in [4.69, 9.17) is 4.74 Å². The van der Waals surface area contributed by atoms with Crippen molar-refractivity contribution in [1.29, 1.82) is 0 Å². The molecule has 192 valence electrons. The molecule has 2 amide bonds. The van der Waals surface area contributed by atoms with Crippen molar-refractivity contribution in [3.8, 4) is 11.5 Å². The lowest BCUT2D eigenvalue weighted by molar-refractivity contribution is -0.0512. The third-order valence-electron chi connectivity index (χ3n) is 5.48. The Labute approximate surface area is 216 Å². The van der Waals surface area contributed by atoms with Crippen LogP contribution < -0.4 is 14.8 Å². The van der Waals surface area contributed by atoms with Crippen molar-refractivity contribution in [1.82, 2.24) is 9.99 Å². The highest BCUT2D eigenvalue weighted by molar-refractivity contribution is 8.14. The average molecular weight is 527 g/mol. The highest BCUT2D eigenvalue weighted by Crippen LogP contribution is 2.34. The molecule has 1 aliphatic rings. The van der Waals surface area contributed by atoms with Gasteiger partial charge in [0.1, 0.15) is 5.69 Å². The molecule has 1 unspecified atom stereocenters. The van der Waals surface area contributed by atoms with E-state index in [9.17, 15) is 18.4 Å². The minimum atomic E-state index is -3.01. The van der Waals surface area contributed by atoms with Crippen LogP contribution in [0.25, 0.3) is 0 Å². The molecular formula is C26H24F2N4O4S. The van der Waals surface area contributed by atoms with Crippen molar-refractivity contribution in [2.75, 3.05) is 12.4 Å². The highest BCUT2D eigenvalue weighted by atomic mass is 32.2. The number of anilines is 1. The third kappa shape index (κ3) is 6.42. The van der Waals surface area contributed by atoms with Gasteiger partial charge in [-0.3, -0.25) is 14.6 Å². The van der Waals surface area contributed by atoms with Crippen LogP contribution in [-0.2, 0) is 6.54 Å². The van der Waals surface area contributed by atoms with E-state index in [0.29, 0.717) is 29.1 Å². The van der Waals surface area contributed by atoms with E-state index in [1.807, 2.05) is 6.92 Å². The Morgan fingerprint density at radius 2 is 1.92 bits per heavy atom. The summed E-state index contributed by atoms with van der Waals surface area (Å²) in [5, 5.41) is 8.23. The molecule has 11 heteroatoms. The molecule has 0 bridgehead atoms. The second kappa shape index (κ2) is 11.8. The molecule has 1 aliphatic heterocycles. The lowest BCUT2D eigenvalue weighted by atomic mass is 10.0. The molecule has 3 aromatic rings. The van der Waals surface area contributed by atoms with E-state index in [-0.39, 0.29) is 34.4 Å². The van der Waals surface area contributed by atoms with Crippen LogP contribution in [0.4, 0.5) is 19.3 Å². The standard InChI is InChI=1S/C26H24F2N4O4S/c1-3-22-23(17-9-12-20(35-2)21(14-17)36-25(27)28)31-32(26(34)37-22)15-16-7-10-18(11-8-16)30-24(33)19-6-4-5-13-29-19/h4-14,22,25H,3,15H2,1-2H3,(H,30,33). The van der Waals surface area contributed by atoms with Crippen molar-refractivity contribution in [3.05, 3.63) is 83.7 Å². The molecule has 4 rings (SSSR count). The predicted octanol–water partition coefficient (Wildman–Crippen LogP) is 5.80. The van der Waals surface area contributed by atoms with Crippen molar-refractivity contribution >= 4 is 34.3 Å². The summed E-state index contributed by atoms with van der Waals surface area (Å²) < 4.78 is 35.5. The van der Waals surface area contributed by atoms with Crippen LogP contribution in [0, 0.1) is 0 Å². The summed E-state index contributed by atoms with van der Waals surface area (Å²) in [7, 11) is 1.37. The van der Waals surface area contributed by atoms with Gasteiger partial charge in [0.2, 0.25) is 0 Å². The molecule has 0 radical (unpaired) electrons. The molecule has 1 atom stereocenters. The van der Waals surface area contributed by atoms with Gasteiger partial charge in [0.15, 0.2) is 11.5 Å². The number of rotatable bonds is 9. The van der Waals surface area contributed by atoms with Gasteiger partial charge in [-0.05, 0) is 54.4 Å². The first-order valence-corrected chi connectivity index (χ1v) is 12.3. The molecule has 0 saturated heterocycles. The maximum absolute atomic E-state index is 12.9. The van der Waals surface area contributed by atoms with E-state index in [1.54, 1.807) is 54.7 Å². The maximum Gasteiger partial charge on any atom is 0.387 e. The normalized spacial score (nSPS) is 15.4. The van der Waals surface area contributed by atoms with Gasteiger partial charge in [0, 0.05) is 17.4 Å². The van der Waals surface area contributed by atoms with E-state index in [1.165, 1.54) is 24.3 Å². The van der Waals surface area contributed by atoms with Crippen LogP contribution >= 0.6 is 11.8 Å². The van der Waals surface area contributed by atoms with Gasteiger partial charge in [-0.1, -0.05) is 36.9 Å². The number of hydrazone groups is 1. The molecule has 8 nitrogen and oxygen atoms in total. The molecular weight excluding hydrogens is 502 g/mol. The van der Waals surface area contributed by atoms with Gasteiger partial charge < -0.3 is 14.8 Å². The molecule has 1 N–H and O–H groups in total. The van der Waals surface area contributed by atoms with Crippen LogP contribution in [0.2, 0.25) is 0 Å². The second-order valence-electron chi connectivity index (χ2n) is 7.93. The lowest BCUT2D eigenvalue weighted by Gasteiger charge is -2.28. The van der Waals surface area contributed by atoms with Gasteiger partial charge in [0.25, 0.3) is 5.91 Å². The number of halogens is 2. The Morgan fingerprint density at radius 1 is 1.14 bits per heavy atom. The number of ether oxygens (including phenoxy) is 2. The molecule has 0 spiro atoms. The lowest BCUT2D eigenvalue weighted by Crippen LogP contribution is -2.34. The van der Waals surface area contributed by atoms with Crippen LogP contribution in [0.1, 0.15) is 35.0 Å². The molecule has 1 aromatic heterocycles. The fourth-order valence-electron chi connectivity index (χ4n) is 3.68. The number of benzene rings is 2. The monoisotopic (exact) mass is 526 g/mol. The van der Waals surface area contributed by atoms with Crippen LogP contribution in [0.15, 0.2) is 72.0 Å². The fraction of sp³-hybridized carbons (Fsp3) is 0.231. The number of pyridine rings is 1. The number of alkyl halides is 2. The summed E-state index contributed by atoms with van der Waals surface area (Å²) in [5.41, 5.74) is 2.81. The van der Waals surface area contributed by atoms with Crippen molar-refractivity contribution in [3.63, 3.8) is 0 Å². The zero-order valence-electron chi connectivity index (χ0n) is 20.1. The van der Waals surface area contributed by atoms with Crippen molar-refractivity contribution in [2.45, 2.75) is 31.8 Å². The molecule has 37 heavy (non-hydrogen) atoms. The molecule has 0 fully saturated rings. The number of aromatic nitrogens is 1. The van der Waals surface area contributed by atoms with Gasteiger partial charge >= 0.3 is 11.9 Å². The van der Waals surface area contributed by atoms with Gasteiger partial charge in [-0.2, -0.15) is 13.9 Å². The SMILES string of the molecule is CCC1SC(=O)N(Cc2ccc(NC(=O)c3ccccn3)cc2)N=C1c1ccc(OC)c(OC(F)F)c1. The Bertz CT molecular complexity index is 1290. The zero-order chi connectivity index (χ0) is 26.4. The second-order valence-corrected chi connectivity index (χ2v) is 9.09. The predicted molar refractivity (Wildman–Crippen MR) is 137 cm³/mol. The Morgan fingerprint density at radius 3 is 2.57 bits per heavy atom. The first-order valence-electron chi connectivity index (χ1n) is 11.4. The number of carbonyl (C=O) groups is 2. The van der Waals surface area contributed by atoms with Crippen molar-refractivity contribution in [2.24, 2.45) is 5.10 Å². The van der Waals surface area contributed by atoms with E-state index in [0.717, 1.165) is 17.3 Å². The highest BCUT2D eigenvalue weighted by Gasteiger charge is 2.31. The topological polar surface area (TPSA) is 93.1 Å². The smallest absolute Gasteiger partial charge is 0.387 e. The molecule has 2 heterocycles. The first kappa shape index (κ1) is 26.1. The van der Waals surface area contributed by atoms with Crippen LogP contribution in [-0.4, -0.2) is 45.8 Å². The summed E-state index contributed by atoms with van der Waals surface area (Å²) in [4.78, 5) is 29.1. The molecule has 0 aliphatic carbocycles. The summed E-state index contributed by atoms with van der Waals surface area (Å²) >= 11 is 1.13. The quantitative estimate of drug-likeness (QED) is 0.379. The van der Waals surface area contributed by atoms with Gasteiger partial charge in [-0.15, -0.1) is 0 Å². The largest absolute Gasteiger partial charge is 0.493 e. The van der Waals surface area contributed by atoms with Crippen LogP contribution in [0.5, 0.6) is 11.5 Å². The number of carbonyl (C=O) groups excluding carboxylic acids is 2. The van der Waals surface area contributed by atoms with E-state index in [2.05, 4.69) is 20.1 Å². The minimum absolute atomic E-state index is 0.107. The Balaban J connectivity index is 1.53. The summed E-state index contributed by atoms with van der Waals surface area (Å²) in [6.45, 7) is -0.895. The Hall–Kier alpha value is -3.99. The summed E-state index contributed by atoms with van der Waals surface area (Å²) in [5.74, 6) is -0.265. The first-order chi connectivity index (χ1) is 17.9. The number of hydrogen-bond acceptors (Lipinski definition) is 7. The number of thioether (sulfide) groups is 1. The summed E-state index contributed by atoms with van der Waals surface area (Å²) in [6, 6.07) is 16.8. The maximum atomic E-state index is 12.9. The number of hydrogen-bond donors (Lipinski definition) is 1. The third-order valence-corrected chi connectivity index (χ3v) is 6.73. The average Bonchev–Trinajstić information content (AvgIpc) is 2.90. The number of amides is 2. The zero-order valence-corrected chi connectivity index (χ0v) is 20.9. The number of nitrogens with zero attached hydrogens (tertiary/aromatic N) is 3. The molecule has 2 aromatic carbocycles. The number of methoxy groups -OCH3 is 1. The van der Waals surface area contributed by atoms with E-state index >= 15 is 0 Å². The minimum Gasteiger partial charge on any atom is -0.493 e. The summed E-state index contributed by atoms with van der Waals surface area (Å²) in [6.07, 6.45) is 2.16. The molecule has 0 saturated carbocycles. The van der Waals surface area contributed by atoms with Gasteiger partial charge in [-0.25, -0.2) is 5.01 Å². The van der Waals surface area contributed by atoms with Gasteiger partial charge in [0.05, 0.1) is 24.6 Å². The Kier molecular flexibility index (Phi) is 8.34. The number of nitrogens with one attached hydrogen (secondary N) is 1.